The fourth-order valence-electron chi connectivity index (χ4n) is 3.10. The Balaban J connectivity index is 2.06. The van der Waals surface area contributed by atoms with Gasteiger partial charge in [-0.25, -0.2) is 14.4 Å². The molecule has 0 saturated heterocycles. The third-order valence-corrected chi connectivity index (χ3v) is 4.99. The molecule has 0 heterocycles. The van der Waals surface area contributed by atoms with E-state index in [-0.39, 0.29) is 36.5 Å². The first-order chi connectivity index (χ1) is 16.6. The Labute approximate surface area is 201 Å². The maximum Gasteiger partial charge on any atom is 0.339 e. The molecular weight excluding hydrogens is 436 g/mol. The van der Waals surface area contributed by atoms with Crippen LogP contribution in [0.15, 0.2) is 48.5 Å². The molecule has 0 radical (unpaired) electrons. The first kappa shape index (κ1) is 26.9. The molecule has 0 fully saturated rings. The van der Waals surface area contributed by atoms with E-state index in [0.717, 1.165) is 38.5 Å². The van der Waals surface area contributed by atoms with Gasteiger partial charge in [0.05, 0.1) is 29.9 Å². The van der Waals surface area contributed by atoms with E-state index in [1.54, 1.807) is 12.1 Å². The summed E-state index contributed by atoms with van der Waals surface area (Å²) in [5.74, 6) is -1.27. The zero-order valence-electron chi connectivity index (χ0n) is 20.0. The highest BCUT2D eigenvalue weighted by Gasteiger charge is 2.22. The van der Waals surface area contributed by atoms with Crippen LogP contribution in [0.1, 0.15) is 83.4 Å². The molecule has 0 unspecified atom stereocenters. The molecule has 0 spiro atoms. The lowest BCUT2D eigenvalue weighted by atomic mass is 10.0. The number of esters is 3. The van der Waals surface area contributed by atoms with Crippen LogP contribution >= 0.6 is 0 Å². The normalized spacial score (nSPS) is 10.4. The third-order valence-electron chi connectivity index (χ3n) is 4.99. The summed E-state index contributed by atoms with van der Waals surface area (Å²) in [5.41, 5.74) is 0.183. The number of unbranched alkanes of at least 4 members (excludes halogenated alkanes) is 4. The minimum Gasteiger partial charge on any atom is -0.490 e. The molecule has 7 nitrogen and oxygen atoms in total. The summed E-state index contributed by atoms with van der Waals surface area (Å²) in [6.07, 6.45) is 5.40. The minimum absolute atomic E-state index is 0.0234. The summed E-state index contributed by atoms with van der Waals surface area (Å²) in [6, 6.07) is 13.3. The number of ether oxygens (including phenoxy) is 4. The summed E-state index contributed by atoms with van der Waals surface area (Å²) in [5, 5.41) is 0. The minimum atomic E-state index is -0.738. The van der Waals surface area contributed by atoms with Crippen LogP contribution in [0.5, 0.6) is 5.75 Å². The van der Waals surface area contributed by atoms with E-state index in [2.05, 4.69) is 13.8 Å². The molecule has 7 heteroatoms. The van der Waals surface area contributed by atoms with Crippen LogP contribution < -0.4 is 4.74 Å². The number of hydrogen-bond donors (Lipinski definition) is 0. The highest BCUT2D eigenvalue weighted by molar-refractivity contribution is 6.05. The summed E-state index contributed by atoms with van der Waals surface area (Å²) in [6.45, 7) is 4.79. The predicted octanol–water partition coefficient (Wildman–Crippen LogP) is 5.62. The molecule has 0 N–H and O–H groups in total. The number of rotatable bonds is 15. The van der Waals surface area contributed by atoms with E-state index >= 15 is 0 Å². The van der Waals surface area contributed by atoms with Crippen molar-refractivity contribution in [3.63, 3.8) is 0 Å². The van der Waals surface area contributed by atoms with E-state index in [9.17, 15) is 14.4 Å². The van der Waals surface area contributed by atoms with E-state index < -0.39 is 17.9 Å². The Morgan fingerprint density at radius 2 is 1.21 bits per heavy atom. The second-order valence-corrected chi connectivity index (χ2v) is 7.74. The van der Waals surface area contributed by atoms with Gasteiger partial charge >= 0.3 is 17.9 Å². The van der Waals surface area contributed by atoms with Gasteiger partial charge in [-0.1, -0.05) is 57.7 Å². The van der Waals surface area contributed by atoms with Crippen molar-refractivity contribution in [2.45, 2.75) is 52.4 Å². The molecule has 2 aromatic carbocycles. The second kappa shape index (κ2) is 15.5. The molecule has 0 aliphatic carbocycles. The van der Waals surface area contributed by atoms with Gasteiger partial charge in [0.1, 0.15) is 19.0 Å². The summed E-state index contributed by atoms with van der Waals surface area (Å²) in [4.78, 5) is 37.8. The maximum atomic E-state index is 12.8. The molecule has 2 aromatic rings. The molecular formula is C27H34O7. The molecule has 2 rings (SSSR count). The van der Waals surface area contributed by atoms with E-state index in [1.165, 1.54) is 18.2 Å². The number of hydrogen-bond acceptors (Lipinski definition) is 7. The van der Waals surface area contributed by atoms with Crippen LogP contribution in [0, 0.1) is 0 Å². The van der Waals surface area contributed by atoms with E-state index in [4.69, 9.17) is 18.9 Å². The monoisotopic (exact) mass is 470 g/mol. The fourth-order valence-corrected chi connectivity index (χ4v) is 3.10. The zero-order chi connectivity index (χ0) is 24.6. The Hall–Kier alpha value is -3.35. The van der Waals surface area contributed by atoms with Crippen molar-refractivity contribution >= 4 is 17.9 Å². The SMILES string of the molecule is CCCCCOC(=O)c1ccc(C(=O)OCCCCC)c(C(=O)OCCOc2ccccc2)c1. The van der Waals surface area contributed by atoms with Crippen LogP contribution in [0.3, 0.4) is 0 Å². The van der Waals surface area contributed by atoms with Crippen molar-refractivity contribution in [2.75, 3.05) is 26.4 Å². The van der Waals surface area contributed by atoms with Crippen LogP contribution in [-0.2, 0) is 14.2 Å². The topological polar surface area (TPSA) is 88.1 Å². The van der Waals surface area contributed by atoms with Crippen molar-refractivity contribution < 1.29 is 33.3 Å². The van der Waals surface area contributed by atoms with Gasteiger partial charge in [0.25, 0.3) is 0 Å². The molecule has 0 aromatic heterocycles. The molecule has 0 amide bonds. The molecule has 0 aliphatic heterocycles. The molecule has 0 saturated carbocycles. The van der Waals surface area contributed by atoms with Gasteiger partial charge in [-0.2, -0.15) is 0 Å². The van der Waals surface area contributed by atoms with Crippen molar-refractivity contribution in [3.8, 4) is 5.75 Å². The average Bonchev–Trinajstić information content (AvgIpc) is 2.87. The molecule has 0 bridgehead atoms. The van der Waals surface area contributed by atoms with Gasteiger partial charge in [0, 0.05) is 0 Å². The fraction of sp³-hybridized carbons (Fsp3) is 0.444. The average molecular weight is 471 g/mol. The predicted molar refractivity (Wildman–Crippen MR) is 128 cm³/mol. The van der Waals surface area contributed by atoms with Gasteiger partial charge in [-0.15, -0.1) is 0 Å². The van der Waals surface area contributed by atoms with Gasteiger partial charge < -0.3 is 18.9 Å². The van der Waals surface area contributed by atoms with E-state index in [0.29, 0.717) is 12.4 Å². The highest BCUT2D eigenvalue weighted by atomic mass is 16.6. The Morgan fingerprint density at radius 1 is 0.618 bits per heavy atom. The molecule has 0 aliphatic rings. The molecule has 34 heavy (non-hydrogen) atoms. The third kappa shape index (κ3) is 9.25. The summed E-state index contributed by atoms with van der Waals surface area (Å²) < 4.78 is 21.4. The number of carbonyl (C=O) groups excluding carboxylic acids is 3. The van der Waals surface area contributed by atoms with Gasteiger partial charge in [0.2, 0.25) is 0 Å². The molecule has 184 valence electrons. The van der Waals surface area contributed by atoms with Gasteiger partial charge in [0.15, 0.2) is 0 Å². The van der Waals surface area contributed by atoms with Crippen LogP contribution in [-0.4, -0.2) is 44.3 Å². The smallest absolute Gasteiger partial charge is 0.339 e. The van der Waals surface area contributed by atoms with Crippen LogP contribution in [0.4, 0.5) is 0 Å². The number of carbonyl (C=O) groups is 3. The van der Waals surface area contributed by atoms with Crippen molar-refractivity contribution in [2.24, 2.45) is 0 Å². The first-order valence-corrected chi connectivity index (χ1v) is 11.9. The molecule has 0 atom stereocenters. The standard InChI is InChI=1S/C27H34O7/c1-3-5-10-16-32-25(28)21-14-15-23(26(29)33-17-11-6-4-2)24(20-21)27(30)34-19-18-31-22-12-8-7-9-13-22/h7-9,12-15,20H,3-6,10-11,16-19H2,1-2H3. The Morgan fingerprint density at radius 3 is 1.85 bits per heavy atom. The highest BCUT2D eigenvalue weighted by Crippen LogP contribution is 2.17. The second-order valence-electron chi connectivity index (χ2n) is 7.74. The number of para-hydroxylation sites is 1. The lowest BCUT2D eigenvalue weighted by Gasteiger charge is -2.12. The Kier molecular flexibility index (Phi) is 12.2. The largest absolute Gasteiger partial charge is 0.490 e. The quantitative estimate of drug-likeness (QED) is 0.190. The van der Waals surface area contributed by atoms with Gasteiger partial charge in [-0.3, -0.25) is 0 Å². The number of benzene rings is 2. The summed E-state index contributed by atoms with van der Waals surface area (Å²) >= 11 is 0. The van der Waals surface area contributed by atoms with Gasteiger partial charge in [-0.05, 0) is 43.2 Å². The Bertz CT molecular complexity index is 908. The summed E-state index contributed by atoms with van der Waals surface area (Å²) in [7, 11) is 0. The maximum absolute atomic E-state index is 12.8. The lowest BCUT2D eigenvalue weighted by molar-refractivity contribution is 0.0421. The van der Waals surface area contributed by atoms with Crippen LogP contribution in [0.25, 0.3) is 0 Å². The first-order valence-electron chi connectivity index (χ1n) is 11.9. The van der Waals surface area contributed by atoms with Crippen molar-refractivity contribution in [1.29, 1.82) is 0 Å². The van der Waals surface area contributed by atoms with Crippen molar-refractivity contribution in [1.82, 2.24) is 0 Å². The van der Waals surface area contributed by atoms with Crippen LogP contribution in [0.2, 0.25) is 0 Å². The van der Waals surface area contributed by atoms with E-state index in [1.807, 2.05) is 18.2 Å². The van der Waals surface area contributed by atoms with Crippen molar-refractivity contribution in [3.05, 3.63) is 65.2 Å². The lowest BCUT2D eigenvalue weighted by Crippen LogP contribution is -2.18. The zero-order valence-corrected chi connectivity index (χ0v) is 20.0.